The molecule has 1 aromatic carbocycles. The van der Waals surface area contributed by atoms with Crippen molar-refractivity contribution in [3.63, 3.8) is 0 Å². The monoisotopic (exact) mass is 440 g/mol. The zero-order chi connectivity index (χ0) is 22.7. The highest BCUT2D eigenvalue weighted by atomic mass is 16.2. The molecule has 3 heterocycles. The van der Waals surface area contributed by atoms with Crippen LogP contribution in [0.1, 0.15) is 70.3 Å². The van der Waals surface area contributed by atoms with E-state index < -0.39 is 12.1 Å². The number of imide groups is 1. The minimum Gasteiger partial charge on any atom is -0.356 e. The van der Waals surface area contributed by atoms with Gasteiger partial charge in [-0.15, -0.1) is 0 Å². The van der Waals surface area contributed by atoms with Crippen LogP contribution < -0.4 is 15.5 Å². The fourth-order valence-electron chi connectivity index (χ4n) is 5.40. The number of nitrogens with one attached hydrogen (secondary N) is 2. The van der Waals surface area contributed by atoms with Gasteiger partial charge in [-0.2, -0.15) is 0 Å². The lowest BCUT2D eigenvalue weighted by atomic mass is 9.83. The fraction of sp³-hybridized carbons (Fsp3) is 0.640. The lowest BCUT2D eigenvalue weighted by molar-refractivity contribution is -0.122. The molecule has 1 unspecified atom stereocenters. The third kappa shape index (κ3) is 4.98. The number of carbonyl (C=O) groups excluding carboxylic acids is 3. The number of anilines is 1. The van der Waals surface area contributed by atoms with Gasteiger partial charge >= 0.3 is 6.03 Å². The predicted octanol–water partition coefficient (Wildman–Crippen LogP) is 3.40. The van der Waals surface area contributed by atoms with Crippen LogP contribution in [0.25, 0.3) is 0 Å². The van der Waals surface area contributed by atoms with E-state index in [9.17, 15) is 14.4 Å². The van der Waals surface area contributed by atoms with Crippen LogP contribution in [-0.2, 0) is 9.59 Å². The number of benzene rings is 1. The zero-order valence-electron chi connectivity index (χ0n) is 19.3. The van der Waals surface area contributed by atoms with Crippen LogP contribution in [0.4, 0.5) is 10.5 Å². The van der Waals surface area contributed by atoms with Gasteiger partial charge in [0.2, 0.25) is 5.91 Å². The molecular weight excluding hydrogens is 404 g/mol. The first-order chi connectivity index (χ1) is 15.4. The Kier molecular flexibility index (Phi) is 7.13. The summed E-state index contributed by atoms with van der Waals surface area (Å²) in [5.74, 6) is 0.572. The van der Waals surface area contributed by atoms with Crippen LogP contribution in [0.2, 0.25) is 0 Å². The third-order valence-corrected chi connectivity index (χ3v) is 7.29. The molecule has 174 valence electrons. The Morgan fingerprint density at radius 2 is 1.84 bits per heavy atom. The van der Waals surface area contributed by atoms with Crippen molar-refractivity contribution in [3.8, 4) is 0 Å². The number of fused-ring (bicyclic) bond motifs is 1. The van der Waals surface area contributed by atoms with Crippen molar-refractivity contribution in [2.75, 3.05) is 24.5 Å². The van der Waals surface area contributed by atoms with Crippen molar-refractivity contribution in [3.05, 3.63) is 29.8 Å². The molecule has 2 N–H and O–H groups in total. The number of hydrogen-bond acceptors (Lipinski definition) is 4. The average Bonchev–Trinajstić information content (AvgIpc) is 3.09. The van der Waals surface area contributed by atoms with E-state index in [0.717, 1.165) is 5.56 Å². The van der Waals surface area contributed by atoms with Crippen molar-refractivity contribution < 1.29 is 14.4 Å². The molecule has 1 aromatic rings. The summed E-state index contributed by atoms with van der Waals surface area (Å²) in [4.78, 5) is 41.5. The molecule has 7 heteroatoms. The van der Waals surface area contributed by atoms with E-state index in [1.807, 2.05) is 12.1 Å². The molecule has 0 spiro atoms. The lowest BCUT2D eigenvalue weighted by Crippen LogP contribution is -2.51. The second kappa shape index (κ2) is 10.0. The molecule has 3 fully saturated rings. The summed E-state index contributed by atoms with van der Waals surface area (Å²) < 4.78 is 0. The maximum Gasteiger partial charge on any atom is 0.329 e. The fourth-order valence-corrected chi connectivity index (χ4v) is 5.40. The van der Waals surface area contributed by atoms with Gasteiger partial charge in [-0.25, -0.2) is 9.69 Å². The maximum atomic E-state index is 12.8. The summed E-state index contributed by atoms with van der Waals surface area (Å²) in [5.41, 5.74) is 1.72. The number of carbonyl (C=O) groups is 3. The molecule has 3 aliphatic rings. The number of nitrogens with zero attached hydrogens (tertiary/aromatic N) is 2. The molecule has 4 amide bonds. The Morgan fingerprint density at radius 3 is 2.59 bits per heavy atom. The summed E-state index contributed by atoms with van der Waals surface area (Å²) in [6.45, 7) is 7.29. The summed E-state index contributed by atoms with van der Waals surface area (Å²) >= 11 is 0. The Morgan fingerprint density at radius 1 is 1.09 bits per heavy atom. The first-order valence-corrected chi connectivity index (χ1v) is 12.2. The minimum atomic E-state index is -0.651. The number of rotatable bonds is 7. The zero-order valence-corrected chi connectivity index (χ0v) is 19.3. The quantitative estimate of drug-likeness (QED) is 0.637. The smallest absolute Gasteiger partial charge is 0.329 e. The van der Waals surface area contributed by atoms with E-state index in [1.54, 1.807) is 12.1 Å². The Bertz CT molecular complexity index is 836. The van der Waals surface area contributed by atoms with Crippen molar-refractivity contribution in [2.45, 2.75) is 76.8 Å². The van der Waals surface area contributed by atoms with Gasteiger partial charge in [0.1, 0.15) is 6.04 Å². The van der Waals surface area contributed by atoms with Crippen LogP contribution in [0, 0.1) is 5.92 Å². The maximum absolute atomic E-state index is 12.8. The van der Waals surface area contributed by atoms with Crippen molar-refractivity contribution in [1.29, 1.82) is 0 Å². The van der Waals surface area contributed by atoms with Gasteiger partial charge in [-0.05, 0) is 74.7 Å². The number of hydrogen-bond donors (Lipinski definition) is 2. The van der Waals surface area contributed by atoms with Gasteiger partial charge in [0.05, 0.1) is 5.69 Å². The molecular formula is C25H36N4O3. The van der Waals surface area contributed by atoms with Gasteiger partial charge in [-0.3, -0.25) is 9.59 Å². The normalized spacial score (nSPS) is 26.2. The molecule has 0 aromatic heterocycles. The van der Waals surface area contributed by atoms with Gasteiger partial charge in [-0.1, -0.05) is 32.4 Å². The van der Waals surface area contributed by atoms with E-state index in [0.29, 0.717) is 36.5 Å². The molecule has 0 bridgehead atoms. The Hall–Kier alpha value is -2.41. The number of urea groups is 1. The molecule has 0 saturated carbocycles. The third-order valence-electron chi connectivity index (χ3n) is 7.29. The average molecular weight is 441 g/mol. The summed E-state index contributed by atoms with van der Waals surface area (Å²) in [5, 5.41) is 5.83. The summed E-state index contributed by atoms with van der Waals surface area (Å²) in [6, 6.07) is 7.03. The van der Waals surface area contributed by atoms with Crippen LogP contribution in [0.5, 0.6) is 0 Å². The molecule has 3 aliphatic heterocycles. The van der Waals surface area contributed by atoms with E-state index >= 15 is 0 Å². The van der Waals surface area contributed by atoms with E-state index in [-0.39, 0.29) is 18.2 Å². The first kappa shape index (κ1) is 22.8. The van der Waals surface area contributed by atoms with Crippen LogP contribution >= 0.6 is 0 Å². The number of amides is 4. The molecule has 7 nitrogen and oxygen atoms in total. The highest BCUT2D eigenvalue weighted by Gasteiger charge is 2.39. The van der Waals surface area contributed by atoms with Crippen LogP contribution in [0.15, 0.2) is 24.3 Å². The highest BCUT2D eigenvalue weighted by molar-refractivity contribution is 6.21. The van der Waals surface area contributed by atoms with E-state index in [4.69, 9.17) is 0 Å². The van der Waals surface area contributed by atoms with Crippen LogP contribution in [0.3, 0.4) is 0 Å². The topological polar surface area (TPSA) is 81.8 Å². The standard InChI is InChI=1S/C25H36N4O3/c1-17(2)18-8-10-20(11-9-18)29-24(31)21(27-25(29)32)12-13-23(30)26-16-19-6-5-15-28-14-4-3-7-22(19)28/h8-11,17,19,21-22H,3-7,12-16H2,1-2H3,(H,26,30)(H,27,32)/t19-,21?,22+/m1/s1. The molecule has 0 aliphatic carbocycles. The van der Waals surface area contributed by atoms with Gasteiger partial charge < -0.3 is 15.5 Å². The molecule has 3 saturated heterocycles. The Balaban J connectivity index is 1.26. The highest BCUT2D eigenvalue weighted by Crippen LogP contribution is 2.30. The largest absolute Gasteiger partial charge is 0.356 e. The molecule has 3 atom stereocenters. The van der Waals surface area contributed by atoms with E-state index in [2.05, 4.69) is 29.4 Å². The first-order valence-electron chi connectivity index (χ1n) is 12.2. The van der Waals surface area contributed by atoms with Crippen molar-refractivity contribution in [2.24, 2.45) is 5.92 Å². The number of piperidine rings is 2. The molecule has 4 rings (SSSR count). The Labute approximate surface area is 190 Å². The van der Waals surface area contributed by atoms with Crippen LogP contribution in [-0.4, -0.2) is 54.5 Å². The van der Waals surface area contributed by atoms with E-state index in [1.165, 1.54) is 50.1 Å². The molecule has 0 radical (unpaired) electrons. The minimum absolute atomic E-state index is 0.0419. The SMILES string of the molecule is CC(C)c1ccc(N2C(=O)NC(CCC(=O)NC[C@H]3CCCN4CCCC[C@@H]34)C2=O)cc1. The second-order valence-electron chi connectivity index (χ2n) is 9.77. The lowest BCUT2D eigenvalue weighted by Gasteiger charge is -2.44. The van der Waals surface area contributed by atoms with Crippen molar-refractivity contribution >= 4 is 23.5 Å². The predicted molar refractivity (Wildman–Crippen MR) is 125 cm³/mol. The summed E-state index contributed by atoms with van der Waals surface area (Å²) in [6.07, 6.45) is 6.73. The molecule has 32 heavy (non-hydrogen) atoms. The van der Waals surface area contributed by atoms with Gasteiger partial charge in [0.25, 0.3) is 5.91 Å². The second-order valence-corrected chi connectivity index (χ2v) is 9.77. The summed E-state index contributed by atoms with van der Waals surface area (Å²) in [7, 11) is 0. The van der Waals surface area contributed by atoms with Crippen molar-refractivity contribution in [1.82, 2.24) is 15.5 Å². The van der Waals surface area contributed by atoms with Gasteiger partial charge in [0.15, 0.2) is 0 Å². The van der Waals surface area contributed by atoms with Gasteiger partial charge in [0, 0.05) is 19.0 Å².